The zero-order valence-corrected chi connectivity index (χ0v) is 12.3. The first-order valence-electron chi connectivity index (χ1n) is 7.19. The van der Waals surface area contributed by atoms with Gasteiger partial charge in [-0.05, 0) is 38.4 Å². The van der Waals surface area contributed by atoms with E-state index >= 15 is 0 Å². The highest BCUT2D eigenvalue weighted by Crippen LogP contribution is 2.13. The third-order valence-corrected chi connectivity index (χ3v) is 3.21. The van der Waals surface area contributed by atoms with Crippen molar-refractivity contribution in [1.82, 2.24) is 15.0 Å². The number of aryl methyl sites for hydroxylation is 1. The highest BCUT2D eigenvalue weighted by Gasteiger charge is 2.14. The van der Waals surface area contributed by atoms with Crippen molar-refractivity contribution >= 4 is 11.6 Å². The average Bonchev–Trinajstić information content (AvgIpc) is 2.94. The standard InChI is InChI=1S/C15H21N5O/c1-2-20(14-8-4-3-5-9-14)15(21)12-19-11-13(17-18-19)7-6-10-16/h3-5,8-9,11H,2,6-7,10,12,16H2,1H3. The number of likely N-dealkylation sites (N-methyl/N-ethyl adjacent to an activating group) is 1. The molecule has 1 amide bonds. The van der Waals surface area contributed by atoms with Crippen LogP contribution >= 0.6 is 0 Å². The number of hydrogen-bond donors (Lipinski definition) is 1. The molecule has 6 heteroatoms. The van der Waals surface area contributed by atoms with Gasteiger partial charge in [0, 0.05) is 18.4 Å². The molecule has 0 aliphatic heterocycles. The third kappa shape index (κ3) is 4.13. The molecule has 0 saturated heterocycles. The number of anilines is 1. The summed E-state index contributed by atoms with van der Waals surface area (Å²) >= 11 is 0. The van der Waals surface area contributed by atoms with Crippen LogP contribution in [0.1, 0.15) is 19.0 Å². The molecule has 0 aliphatic rings. The van der Waals surface area contributed by atoms with Gasteiger partial charge in [-0.2, -0.15) is 0 Å². The number of para-hydroxylation sites is 1. The SMILES string of the molecule is CCN(C(=O)Cn1cc(CCCN)nn1)c1ccccc1. The summed E-state index contributed by atoms with van der Waals surface area (Å²) in [6.07, 6.45) is 3.48. The van der Waals surface area contributed by atoms with Gasteiger partial charge in [-0.1, -0.05) is 23.4 Å². The van der Waals surface area contributed by atoms with Crippen LogP contribution in [0.2, 0.25) is 0 Å². The summed E-state index contributed by atoms with van der Waals surface area (Å²) in [4.78, 5) is 14.1. The average molecular weight is 287 g/mol. The Morgan fingerprint density at radius 3 is 2.76 bits per heavy atom. The minimum absolute atomic E-state index is 0.000949. The molecule has 2 N–H and O–H groups in total. The van der Waals surface area contributed by atoms with Crippen molar-refractivity contribution in [3.05, 3.63) is 42.2 Å². The molecule has 0 bridgehead atoms. The molecule has 2 aromatic rings. The summed E-state index contributed by atoms with van der Waals surface area (Å²) in [5.74, 6) is -0.000949. The number of nitrogens with two attached hydrogens (primary N) is 1. The number of hydrogen-bond acceptors (Lipinski definition) is 4. The molecule has 0 unspecified atom stereocenters. The zero-order valence-electron chi connectivity index (χ0n) is 12.3. The first kappa shape index (κ1) is 15.2. The van der Waals surface area contributed by atoms with Crippen LogP contribution in [0.3, 0.4) is 0 Å². The molecule has 0 saturated carbocycles. The third-order valence-electron chi connectivity index (χ3n) is 3.21. The van der Waals surface area contributed by atoms with Gasteiger partial charge in [0.05, 0.1) is 5.69 Å². The first-order valence-corrected chi connectivity index (χ1v) is 7.19. The minimum atomic E-state index is -0.000949. The number of rotatable bonds is 7. The largest absolute Gasteiger partial charge is 0.330 e. The van der Waals surface area contributed by atoms with Gasteiger partial charge < -0.3 is 10.6 Å². The van der Waals surface area contributed by atoms with Crippen LogP contribution in [-0.4, -0.2) is 34.0 Å². The number of nitrogens with zero attached hydrogens (tertiary/aromatic N) is 4. The predicted octanol–water partition coefficient (Wildman–Crippen LogP) is 1.22. The molecule has 2 rings (SSSR count). The van der Waals surface area contributed by atoms with E-state index in [4.69, 9.17) is 5.73 Å². The molecular formula is C15H21N5O. The van der Waals surface area contributed by atoms with Crippen molar-refractivity contribution < 1.29 is 4.79 Å². The van der Waals surface area contributed by atoms with E-state index in [1.807, 2.05) is 43.5 Å². The molecule has 0 radical (unpaired) electrons. The van der Waals surface area contributed by atoms with Gasteiger partial charge in [0.1, 0.15) is 6.54 Å². The number of aromatic nitrogens is 3. The second kappa shape index (κ2) is 7.54. The van der Waals surface area contributed by atoms with Crippen molar-refractivity contribution in [2.24, 2.45) is 5.73 Å². The normalized spacial score (nSPS) is 10.6. The van der Waals surface area contributed by atoms with Gasteiger partial charge in [-0.15, -0.1) is 5.10 Å². The van der Waals surface area contributed by atoms with Crippen LogP contribution in [0, 0.1) is 0 Å². The summed E-state index contributed by atoms with van der Waals surface area (Å²) in [5, 5.41) is 8.05. The summed E-state index contributed by atoms with van der Waals surface area (Å²) in [6, 6.07) is 9.63. The van der Waals surface area contributed by atoms with Gasteiger partial charge in [0.25, 0.3) is 0 Å². The van der Waals surface area contributed by atoms with E-state index in [9.17, 15) is 4.79 Å². The Morgan fingerprint density at radius 2 is 2.10 bits per heavy atom. The maximum atomic E-state index is 12.4. The van der Waals surface area contributed by atoms with E-state index in [0.717, 1.165) is 24.2 Å². The van der Waals surface area contributed by atoms with Crippen molar-refractivity contribution in [2.75, 3.05) is 18.0 Å². The van der Waals surface area contributed by atoms with E-state index in [-0.39, 0.29) is 12.5 Å². The fourth-order valence-corrected chi connectivity index (χ4v) is 2.15. The molecule has 21 heavy (non-hydrogen) atoms. The van der Waals surface area contributed by atoms with Crippen LogP contribution in [0.5, 0.6) is 0 Å². The topological polar surface area (TPSA) is 77.0 Å². The van der Waals surface area contributed by atoms with Gasteiger partial charge in [-0.25, -0.2) is 4.68 Å². The van der Waals surface area contributed by atoms with Gasteiger partial charge in [-0.3, -0.25) is 4.79 Å². The Morgan fingerprint density at radius 1 is 1.33 bits per heavy atom. The lowest BCUT2D eigenvalue weighted by Gasteiger charge is -2.20. The second-order valence-electron chi connectivity index (χ2n) is 4.77. The molecule has 0 aliphatic carbocycles. The van der Waals surface area contributed by atoms with Crippen LogP contribution in [-0.2, 0) is 17.8 Å². The van der Waals surface area contributed by atoms with E-state index in [0.29, 0.717) is 13.1 Å². The molecule has 0 fully saturated rings. The van der Waals surface area contributed by atoms with Gasteiger partial charge >= 0.3 is 0 Å². The summed E-state index contributed by atoms with van der Waals surface area (Å²) < 4.78 is 1.58. The van der Waals surface area contributed by atoms with E-state index in [2.05, 4.69) is 10.3 Å². The lowest BCUT2D eigenvalue weighted by atomic mass is 10.2. The van der Waals surface area contributed by atoms with E-state index in [1.165, 1.54) is 0 Å². The Labute approximate surface area is 124 Å². The fourth-order valence-electron chi connectivity index (χ4n) is 2.15. The maximum absolute atomic E-state index is 12.4. The van der Waals surface area contributed by atoms with Gasteiger partial charge in [0.2, 0.25) is 5.91 Å². The van der Waals surface area contributed by atoms with Crippen molar-refractivity contribution in [2.45, 2.75) is 26.3 Å². The zero-order chi connectivity index (χ0) is 15.1. The van der Waals surface area contributed by atoms with Gasteiger partial charge in [0.15, 0.2) is 0 Å². The quantitative estimate of drug-likeness (QED) is 0.830. The van der Waals surface area contributed by atoms with Crippen LogP contribution < -0.4 is 10.6 Å². The Balaban J connectivity index is 2.01. The van der Waals surface area contributed by atoms with Crippen LogP contribution in [0.25, 0.3) is 0 Å². The van der Waals surface area contributed by atoms with Crippen LogP contribution in [0.15, 0.2) is 36.5 Å². The number of carbonyl (C=O) groups is 1. The highest BCUT2D eigenvalue weighted by molar-refractivity contribution is 5.93. The van der Waals surface area contributed by atoms with E-state index in [1.54, 1.807) is 9.58 Å². The van der Waals surface area contributed by atoms with Crippen molar-refractivity contribution in [3.63, 3.8) is 0 Å². The molecule has 112 valence electrons. The fraction of sp³-hybridized carbons (Fsp3) is 0.400. The summed E-state index contributed by atoms with van der Waals surface area (Å²) in [5.41, 5.74) is 7.24. The monoisotopic (exact) mass is 287 g/mol. The molecule has 0 spiro atoms. The molecular weight excluding hydrogens is 266 g/mol. The van der Waals surface area contributed by atoms with Crippen molar-refractivity contribution in [1.29, 1.82) is 0 Å². The Kier molecular flexibility index (Phi) is 5.45. The van der Waals surface area contributed by atoms with E-state index < -0.39 is 0 Å². The minimum Gasteiger partial charge on any atom is -0.330 e. The Hall–Kier alpha value is -2.21. The smallest absolute Gasteiger partial charge is 0.248 e. The lowest BCUT2D eigenvalue weighted by molar-refractivity contribution is -0.119. The van der Waals surface area contributed by atoms with Crippen molar-refractivity contribution in [3.8, 4) is 0 Å². The molecule has 1 heterocycles. The second-order valence-corrected chi connectivity index (χ2v) is 4.77. The summed E-state index contributed by atoms with van der Waals surface area (Å²) in [7, 11) is 0. The number of benzene rings is 1. The summed E-state index contributed by atoms with van der Waals surface area (Å²) in [6.45, 7) is 3.40. The predicted molar refractivity (Wildman–Crippen MR) is 81.9 cm³/mol. The Bertz CT molecular complexity index is 566. The lowest BCUT2D eigenvalue weighted by Crippen LogP contribution is -2.33. The molecule has 0 atom stereocenters. The molecule has 1 aromatic heterocycles. The number of amides is 1. The first-order chi connectivity index (χ1) is 10.2. The molecule has 1 aromatic carbocycles. The number of carbonyl (C=O) groups excluding carboxylic acids is 1. The highest BCUT2D eigenvalue weighted by atomic mass is 16.2. The maximum Gasteiger partial charge on any atom is 0.248 e. The van der Waals surface area contributed by atoms with Crippen LogP contribution in [0.4, 0.5) is 5.69 Å². The molecule has 6 nitrogen and oxygen atoms in total.